The molecule has 0 radical (unpaired) electrons. The van der Waals surface area contributed by atoms with E-state index in [2.05, 4.69) is 39.0 Å². The second-order valence-electron chi connectivity index (χ2n) is 5.36. The van der Waals surface area contributed by atoms with Crippen LogP contribution in [0, 0.1) is 5.92 Å². The lowest BCUT2D eigenvalue weighted by atomic mass is 9.95. The van der Waals surface area contributed by atoms with Crippen LogP contribution in [0.1, 0.15) is 51.2 Å². The lowest BCUT2D eigenvalue weighted by Crippen LogP contribution is -2.05. The van der Waals surface area contributed by atoms with Crippen molar-refractivity contribution in [3.8, 4) is 5.75 Å². The van der Waals surface area contributed by atoms with Gasteiger partial charge in [-0.3, -0.25) is 0 Å². The zero-order chi connectivity index (χ0) is 14.1. The minimum atomic E-state index is 0.0703. The van der Waals surface area contributed by atoms with Crippen molar-refractivity contribution < 1.29 is 9.84 Å². The van der Waals surface area contributed by atoms with Gasteiger partial charge in [-0.2, -0.15) is 0 Å². The minimum absolute atomic E-state index is 0.0703. The van der Waals surface area contributed by atoms with Gasteiger partial charge in [0.25, 0.3) is 0 Å². The number of aryl methyl sites for hydroxylation is 1. The summed E-state index contributed by atoms with van der Waals surface area (Å²) in [5, 5.41) is 8.86. The van der Waals surface area contributed by atoms with E-state index in [0.29, 0.717) is 6.61 Å². The van der Waals surface area contributed by atoms with E-state index in [1.54, 1.807) is 0 Å². The van der Waals surface area contributed by atoms with Crippen LogP contribution in [0.5, 0.6) is 5.75 Å². The number of hydrogen-bond donors (Lipinski definition) is 1. The predicted molar refractivity (Wildman–Crippen MR) is 80.8 cm³/mol. The van der Waals surface area contributed by atoms with Crippen molar-refractivity contribution in [1.82, 2.24) is 0 Å². The number of rotatable bonds is 9. The molecule has 0 aliphatic heterocycles. The lowest BCUT2D eigenvalue weighted by molar-refractivity contribution is 0.200. The maximum absolute atomic E-state index is 8.86. The second kappa shape index (κ2) is 8.98. The average molecular weight is 264 g/mol. The highest BCUT2D eigenvalue weighted by Gasteiger charge is 2.07. The first-order chi connectivity index (χ1) is 9.21. The summed E-state index contributed by atoms with van der Waals surface area (Å²) in [6.45, 7) is 7.19. The van der Waals surface area contributed by atoms with Gasteiger partial charge >= 0.3 is 0 Å². The first-order valence-electron chi connectivity index (χ1n) is 7.56. The maximum atomic E-state index is 8.86. The van der Waals surface area contributed by atoms with Crippen LogP contribution in [0.25, 0.3) is 0 Å². The third kappa shape index (κ3) is 5.65. The van der Waals surface area contributed by atoms with Crippen molar-refractivity contribution in [2.24, 2.45) is 5.92 Å². The highest BCUT2D eigenvalue weighted by atomic mass is 16.5. The second-order valence-corrected chi connectivity index (χ2v) is 5.36. The van der Waals surface area contributed by atoms with Crippen LogP contribution in [-0.4, -0.2) is 18.3 Å². The van der Waals surface area contributed by atoms with E-state index in [1.807, 2.05) is 0 Å². The molecule has 1 atom stereocenters. The largest absolute Gasteiger partial charge is 0.491 e. The Balaban J connectivity index is 2.76. The molecule has 0 bridgehead atoms. The topological polar surface area (TPSA) is 29.5 Å². The van der Waals surface area contributed by atoms with Gasteiger partial charge < -0.3 is 9.84 Å². The zero-order valence-electron chi connectivity index (χ0n) is 12.6. The molecule has 0 aliphatic carbocycles. The summed E-state index contributed by atoms with van der Waals surface area (Å²) in [6, 6.07) is 6.51. The fourth-order valence-electron chi connectivity index (χ4n) is 2.52. The van der Waals surface area contributed by atoms with Gasteiger partial charge in [0.1, 0.15) is 12.4 Å². The van der Waals surface area contributed by atoms with Gasteiger partial charge in [0.15, 0.2) is 0 Å². The van der Waals surface area contributed by atoms with Crippen molar-refractivity contribution >= 4 is 0 Å². The molecule has 2 heteroatoms. The standard InChI is InChI=1S/C17H28O2/c1-4-6-14(3)12-15-8-9-17(19-11-10-18)16(13-15)7-5-2/h8-9,13-14,18H,4-7,10-12H2,1-3H3. The van der Waals surface area contributed by atoms with Gasteiger partial charge in [-0.25, -0.2) is 0 Å². The van der Waals surface area contributed by atoms with Crippen molar-refractivity contribution in [2.45, 2.75) is 52.9 Å². The van der Waals surface area contributed by atoms with Crippen LogP contribution in [0.4, 0.5) is 0 Å². The molecule has 1 rings (SSSR count). The van der Waals surface area contributed by atoms with Crippen molar-refractivity contribution in [2.75, 3.05) is 13.2 Å². The van der Waals surface area contributed by atoms with E-state index in [4.69, 9.17) is 9.84 Å². The van der Waals surface area contributed by atoms with Gasteiger partial charge in [-0.05, 0) is 36.0 Å². The van der Waals surface area contributed by atoms with Crippen molar-refractivity contribution in [3.63, 3.8) is 0 Å². The molecule has 0 spiro atoms. The van der Waals surface area contributed by atoms with Crippen LogP contribution in [0.3, 0.4) is 0 Å². The quantitative estimate of drug-likeness (QED) is 0.731. The van der Waals surface area contributed by atoms with E-state index in [9.17, 15) is 0 Å². The Kier molecular flexibility index (Phi) is 7.57. The summed E-state index contributed by atoms with van der Waals surface area (Å²) in [5.74, 6) is 1.67. The molecule has 0 amide bonds. The number of aliphatic hydroxyl groups excluding tert-OH is 1. The predicted octanol–water partition coefficient (Wildman–Crippen LogP) is 3.99. The highest BCUT2D eigenvalue weighted by Crippen LogP contribution is 2.24. The molecule has 1 aromatic carbocycles. The van der Waals surface area contributed by atoms with Crippen LogP contribution in [0.2, 0.25) is 0 Å². The lowest BCUT2D eigenvalue weighted by Gasteiger charge is -2.14. The molecule has 0 aromatic heterocycles. The van der Waals surface area contributed by atoms with E-state index in [-0.39, 0.29) is 6.61 Å². The van der Waals surface area contributed by atoms with E-state index >= 15 is 0 Å². The normalized spacial score (nSPS) is 12.4. The average Bonchev–Trinajstić information content (AvgIpc) is 2.38. The number of ether oxygens (including phenoxy) is 1. The highest BCUT2D eigenvalue weighted by molar-refractivity contribution is 5.37. The number of benzene rings is 1. The van der Waals surface area contributed by atoms with Gasteiger partial charge in [0.2, 0.25) is 0 Å². The SMILES string of the molecule is CCCc1cc(CC(C)CCC)ccc1OCCO. The molecular formula is C17H28O2. The van der Waals surface area contributed by atoms with E-state index < -0.39 is 0 Å². The van der Waals surface area contributed by atoms with Gasteiger partial charge in [-0.15, -0.1) is 0 Å². The van der Waals surface area contributed by atoms with E-state index in [1.165, 1.54) is 24.0 Å². The van der Waals surface area contributed by atoms with E-state index in [0.717, 1.165) is 30.9 Å². The number of hydrogen-bond acceptors (Lipinski definition) is 2. The maximum Gasteiger partial charge on any atom is 0.122 e. The Bertz CT molecular complexity index is 360. The Labute approximate surface area is 117 Å². The summed E-state index contributed by atoms with van der Waals surface area (Å²) in [6.07, 6.45) is 5.83. The first kappa shape index (κ1) is 16.0. The summed E-state index contributed by atoms with van der Waals surface area (Å²) in [5.41, 5.74) is 2.68. The molecular weight excluding hydrogens is 236 g/mol. The molecule has 19 heavy (non-hydrogen) atoms. The molecule has 0 aliphatic rings. The zero-order valence-corrected chi connectivity index (χ0v) is 12.6. The van der Waals surface area contributed by atoms with Crippen LogP contribution in [-0.2, 0) is 12.8 Å². The van der Waals surface area contributed by atoms with Crippen molar-refractivity contribution in [3.05, 3.63) is 29.3 Å². The molecule has 1 aromatic rings. The monoisotopic (exact) mass is 264 g/mol. The molecule has 1 unspecified atom stereocenters. The first-order valence-corrected chi connectivity index (χ1v) is 7.56. The number of aliphatic hydroxyl groups is 1. The van der Waals surface area contributed by atoms with Gasteiger partial charge in [0, 0.05) is 0 Å². The van der Waals surface area contributed by atoms with Crippen molar-refractivity contribution in [1.29, 1.82) is 0 Å². The molecule has 108 valence electrons. The summed E-state index contributed by atoms with van der Waals surface area (Å²) in [4.78, 5) is 0. The third-order valence-electron chi connectivity index (χ3n) is 3.36. The van der Waals surface area contributed by atoms with Crippen LogP contribution < -0.4 is 4.74 Å². The smallest absolute Gasteiger partial charge is 0.122 e. The molecule has 0 saturated carbocycles. The Morgan fingerprint density at radius 1 is 1.21 bits per heavy atom. The molecule has 2 nitrogen and oxygen atoms in total. The molecule has 0 saturated heterocycles. The summed E-state index contributed by atoms with van der Waals surface area (Å²) >= 11 is 0. The minimum Gasteiger partial charge on any atom is -0.491 e. The molecule has 0 fully saturated rings. The Hall–Kier alpha value is -1.02. The van der Waals surface area contributed by atoms with Crippen LogP contribution in [0.15, 0.2) is 18.2 Å². The van der Waals surface area contributed by atoms with Gasteiger partial charge in [-0.1, -0.05) is 52.2 Å². The summed E-state index contributed by atoms with van der Waals surface area (Å²) in [7, 11) is 0. The van der Waals surface area contributed by atoms with Crippen LogP contribution >= 0.6 is 0 Å². The summed E-state index contributed by atoms with van der Waals surface area (Å²) < 4.78 is 5.60. The fourth-order valence-corrected chi connectivity index (χ4v) is 2.52. The fraction of sp³-hybridized carbons (Fsp3) is 0.647. The molecule has 1 N–H and O–H groups in total. The van der Waals surface area contributed by atoms with Gasteiger partial charge in [0.05, 0.1) is 6.61 Å². The Morgan fingerprint density at radius 2 is 2.00 bits per heavy atom. The molecule has 0 heterocycles. The third-order valence-corrected chi connectivity index (χ3v) is 3.36. The Morgan fingerprint density at radius 3 is 2.63 bits per heavy atom.